The zero-order valence-electron chi connectivity index (χ0n) is 17.6. The number of halogens is 2. The molecule has 0 aromatic heterocycles. The smallest absolute Gasteiger partial charge is 0.124 e. The van der Waals surface area contributed by atoms with E-state index in [2.05, 4.69) is 39.6 Å². The maximum atomic E-state index is 15.9. The molecule has 4 rings (SSSR count). The van der Waals surface area contributed by atoms with E-state index in [1.807, 2.05) is 7.05 Å². The molecule has 166 valence electrons. The first-order chi connectivity index (χ1) is 14.1. The third-order valence-electron chi connectivity index (χ3n) is 7.21. The minimum Gasteiger partial charge on any atom is -0.377 e. The molecule has 5 N–H and O–H groups in total. The summed E-state index contributed by atoms with van der Waals surface area (Å²) in [7, 11) is 1.94. The molecule has 0 spiro atoms. The number of fused-ring (bicyclic) bond motifs is 1. The van der Waals surface area contributed by atoms with Gasteiger partial charge in [0.05, 0.1) is 12.3 Å². The fourth-order valence-corrected chi connectivity index (χ4v) is 5.64. The third kappa shape index (κ3) is 4.83. The quantitative estimate of drug-likeness (QED) is 0.436. The molecule has 3 heterocycles. The van der Waals surface area contributed by atoms with Gasteiger partial charge in [0.25, 0.3) is 0 Å². The van der Waals surface area contributed by atoms with Crippen molar-refractivity contribution < 1.29 is 13.5 Å². The average molecular weight is 414 g/mol. The van der Waals surface area contributed by atoms with E-state index in [0.717, 1.165) is 31.3 Å². The lowest BCUT2D eigenvalue weighted by molar-refractivity contribution is -0.0263. The summed E-state index contributed by atoms with van der Waals surface area (Å²) >= 11 is 0. The summed E-state index contributed by atoms with van der Waals surface area (Å²) in [5.74, 6) is 0.134. The van der Waals surface area contributed by atoms with Crippen molar-refractivity contribution in [3.05, 3.63) is 11.6 Å². The zero-order valence-corrected chi connectivity index (χ0v) is 17.6. The first-order valence-corrected chi connectivity index (χ1v) is 11.3. The number of rotatable bonds is 5. The fourth-order valence-electron chi connectivity index (χ4n) is 5.64. The van der Waals surface area contributed by atoms with E-state index >= 15 is 4.39 Å². The van der Waals surface area contributed by atoms with Crippen molar-refractivity contribution in [2.24, 2.45) is 11.8 Å². The molecule has 8 unspecified atom stereocenters. The first kappa shape index (κ1) is 21.6. The molecule has 29 heavy (non-hydrogen) atoms. The minimum absolute atomic E-state index is 0.0486. The molecular weight excluding hydrogens is 376 g/mol. The highest BCUT2D eigenvalue weighted by Crippen LogP contribution is 2.44. The molecule has 0 radical (unpaired) electrons. The summed E-state index contributed by atoms with van der Waals surface area (Å²) in [6.07, 6.45) is 5.32. The van der Waals surface area contributed by atoms with E-state index in [0.29, 0.717) is 31.5 Å². The highest BCUT2D eigenvalue weighted by Gasteiger charge is 2.49. The highest BCUT2D eigenvalue weighted by molar-refractivity contribution is 5.19. The molecule has 3 aliphatic heterocycles. The lowest BCUT2D eigenvalue weighted by Crippen LogP contribution is -2.69. The average Bonchev–Trinajstić information content (AvgIpc) is 3.04. The molecule has 0 aromatic carbocycles. The molecule has 4 aliphatic rings. The Morgan fingerprint density at radius 2 is 2.10 bits per heavy atom. The molecule has 1 saturated carbocycles. The number of ether oxygens (including phenoxy) is 1. The van der Waals surface area contributed by atoms with E-state index < -0.39 is 6.17 Å². The van der Waals surface area contributed by atoms with E-state index in [9.17, 15) is 4.39 Å². The summed E-state index contributed by atoms with van der Waals surface area (Å²) < 4.78 is 35.1. The third-order valence-corrected chi connectivity index (χ3v) is 7.21. The molecular formula is C21H37F2N5O. The number of hydrogen-bond donors (Lipinski definition) is 5. The molecule has 3 fully saturated rings. The second kappa shape index (κ2) is 9.66. The van der Waals surface area contributed by atoms with Crippen LogP contribution in [0.3, 0.4) is 0 Å². The van der Waals surface area contributed by atoms with Gasteiger partial charge < -0.3 is 15.4 Å². The van der Waals surface area contributed by atoms with Crippen molar-refractivity contribution >= 4 is 0 Å². The molecule has 9 atom stereocenters. The Balaban J connectivity index is 1.47. The maximum Gasteiger partial charge on any atom is 0.124 e. The Morgan fingerprint density at radius 3 is 2.90 bits per heavy atom. The topological polar surface area (TPSA) is 69.4 Å². The molecule has 0 aromatic rings. The maximum absolute atomic E-state index is 15.9. The van der Waals surface area contributed by atoms with Crippen molar-refractivity contribution in [2.45, 2.75) is 81.9 Å². The van der Waals surface area contributed by atoms with Crippen molar-refractivity contribution in [3.8, 4) is 0 Å². The van der Waals surface area contributed by atoms with Crippen molar-refractivity contribution in [3.63, 3.8) is 0 Å². The molecule has 1 aliphatic carbocycles. The van der Waals surface area contributed by atoms with Gasteiger partial charge in [-0.05, 0) is 52.0 Å². The normalized spacial score (nSPS) is 46.1. The zero-order chi connectivity index (χ0) is 20.4. The van der Waals surface area contributed by atoms with E-state index in [1.54, 1.807) is 0 Å². The van der Waals surface area contributed by atoms with Gasteiger partial charge >= 0.3 is 0 Å². The molecule has 0 bridgehead atoms. The largest absolute Gasteiger partial charge is 0.377 e. The van der Waals surface area contributed by atoms with E-state index in [4.69, 9.17) is 4.74 Å². The lowest BCUT2D eigenvalue weighted by atomic mass is 9.70. The van der Waals surface area contributed by atoms with Crippen LogP contribution in [-0.2, 0) is 4.74 Å². The SMILES string of the molecule is CNC1CC(C)NC(NC2CC3CCOC3C(C3=CCN[C@@H](CF)CC3)C2F)N1. The Morgan fingerprint density at radius 1 is 1.24 bits per heavy atom. The summed E-state index contributed by atoms with van der Waals surface area (Å²) in [6.45, 7) is 3.10. The summed E-state index contributed by atoms with van der Waals surface area (Å²) in [5, 5.41) is 17.0. The van der Waals surface area contributed by atoms with Gasteiger partial charge in [0.2, 0.25) is 0 Å². The van der Waals surface area contributed by atoms with Crippen LogP contribution in [0.25, 0.3) is 0 Å². The monoisotopic (exact) mass is 413 g/mol. The van der Waals surface area contributed by atoms with Crippen LogP contribution in [0.5, 0.6) is 0 Å². The second-order valence-corrected chi connectivity index (χ2v) is 9.18. The summed E-state index contributed by atoms with van der Waals surface area (Å²) in [5.41, 5.74) is 1.11. The Hall–Kier alpha value is -0.640. The summed E-state index contributed by atoms with van der Waals surface area (Å²) in [4.78, 5) is 0. The van der Waals surface area contributed by atoms with Crippen molar-refractivity contribution in [2.75, 3.05) is 26.9 Å². The van der Waals surface area contributed by atoms with Gasteiger partial charge in [-0.1, -0.05) is 11.6 Å². The second-order valence-electron chi connectivity index (χ2n) is 9.18. The van der Waals surface area contributed by atoms with Crippen LogP contribution in [0.4, 0.5) is 8.78 Å². The van der Waals surface area contributed by atoms with Gasteiger partial charge in [-0.2, -0.15) is 0 Å². The predicted octanol–water partition coefficient (Wildman–Crippen LogP) is 1.16. The molecule has 8 heteroatoms. The number of hydrogen-bond acceptors (Lipinski definition) is 6. The van der Waals surface area contributed by atoms with Crippen LogP contribution in [0, 0.1) is 11.8 Å². The van der Waals surface area contributed by atoms with Gasteiger partial charge in [-0.15, -0.1) is 0 Å². The fraction of sp³-hybridized carbons (Fsp3) is 0.905. The highest BCUT2D eigenvalue weighted by atomic mass is 19.1. The lowest BCUT2D eigenvalue weighted by Gasteiger charge is -2.45. The Labute approximate surface area is 173 Å². The van der Waals surface area contributed by atoms with Crippen LogP contribution in [0.2, 0.25) is 0 Å². The van der Waals surface area contributed by atoms with Crippen LogP contribution < -0.4 is 26.6 Å². The molecule has 6 nitrogen and oxygen atoms in total. The predicted molar refractivity (Wildman–Crippen MR) is 110 cm³/mol. The Bertz CT molecular complexity index is 579. The van der Waals surface area contributed by atoms with Gasteiger partial charge in [-0.25, -0.2) is 8.78 Å². The Kier molecular flexibility index (Phi) is 7.19. The molecule has 2 saturated heterocycles. The van der Waals surface area contributed by atoms with Gasteiger partial charge in [-0.3, -0.25) is 16.0 Å². The number of nitrogens with one attached hydrogen (secondary N) is 5. The van der Waals surface area contributed by atoms with Gasteiger partial charge in [0.15, 0.2) is 0 Å². The van der Waals surface area contributed by atoms with Crippen molar-refractivity contribution in [1.82, 2.24) is 26.6 Å². The van der Waals surface area contributed by atoms with Crippen LogP contribution in [-0.4, -0.2) is 69.7 Å². The van der Waals surface area contributed by atoms with Crippen LogP contribution in [0.15, 0.2) is 11.6 Å². The molecule has 0 amide bonds. The van der Waals surface area contributed by atoms with Crippen molar-refractivity contribution in [1.29, 1.82) is 0 Å². The standard InChI is InChI=1S/C21H37F2N5O/c1-12-9-17(24-2)28-21(26-12)27-16-10-14-6-8-29-20(14)18(19(16)23)13-3-4-15(11-22)25-7-5-13/h5,12,14-21,24-28H,3-4,6-11H2,1-2H3/t12?,14?,15-,16?,17?,18?,19?,20?,21?/m1/s1. The summed E-state index contributed by atoms with van der Waals surface area (Å²) in [6, 6.07) is -0.0143. The van der Waals surface area contributed by atoms with Gasteiger partial charge in [0.1, 0.15) is 19.1 Å². The minimum atomic E-state index is -1.02. The number of alkyl halides is 2. The van der Waals surface area contributed by atoms with Crippen LogP contribution in [0.1, 0.15) is 39.0 Å². The van der Waals surface area contributed by atoms with Crippen LogP contribution >= 0.6 is 0 Å². The van der Waals surface area contributed by atoms with E-state index in [-0.39, 0.29) is 43.2 Å². The first-order valence-electron chi connectivity index (χ1n) is 11.3. The van der Waals surface area contributed by atoms with E-state index in [1.165, 1.54) is 0 Å². The van der Waals surface area contributed by atoms with Gasteiger partial charge in [0, 0.05) is 37.2 Å².